The van der Waals surface area contributed by atoms with Crippen LogP contribution in [0.25, 0.3) is 5.76 Å². The molecule has 0 aromatic heterocycles. The highest BCUT2D eigenvalue weighted by Gasteiger charge is 2.67. The first-order valence-corrected chi connectivity index (χ1v) is 13.7. The van der Waals surface area contributed by atoms with Gasteiger partial charge >= 0.3 is 6.09 Å². The normalized spacial score (nSPS) is 29.0. The fourth-order valence-electron chi connectivity index (χ4n) is 6.57. The first-order chi connectivity index (χ1) is 19.3. The second-order valence-corrected chi connectivity index (χ2v) is 13.1. The monoisotopic (exact) mass is 588 g/mol. The first-order valence-electron chi connectivity index (χ1n) is 13.7. The topological polar surface area (TPSA) is 203 Å². The molecule has 1 aromatic rings. The molecule has 13 nitrogen and oxygen atoms in total. The fourth-order valence-corrected chi connectivity index (χ4v) is 6.57. The summed E-state index contributed by atoms with van der Waals surface area (Å²) >= 11 is 0. The Hall–Kier alpha value is -3.68. The molecule has 4 unspecified atom stereocenters. The van der Waals surface area contributed by atoms with Gasteiger partial charge in [0, 0.05) is 37.3 Å². The number of likely N-dealkylation sites (N-methyl/N-ethyl adjacent to an activating group) is 1. The van der Waals surface area contributed by atoms with Crippen LogP contribution in [0.1, 0.15) is 38.3 Å². The van der Waals surface area contributed by atoms with Crippen LogP contribution in [0, 0.1) is 23.2 Å². The van der Waals surface area contributed by atoms with Crippen LogP contribution in [-0.2, 0) is 25.5 Å². The largest absolute Gasteiger partial charge is 0.507 e. The molecule has 7 N–H and O–H groups in total. The third kappa shape index (κ3) is 4.88. The van der Waals surface area contributed by atoms with Gasteiger partial charge in [0.15, 0.2) is 17.1 Å². The van der Waals surface area contributed by atoms with Gasteiger partial charge in [0.1, 0.15) is 11.7 Å². The molecule has 1 aromatic carbocycles. The Labute approximate surface area is 243 Å². The number of aliphatic hydroxyl groups is 3. The number of phenolic OH excluding ortho intramolecular Hbond substituents is 1. The van der Waals surface area contributed by atoms with E-state index >= 15 is 0 Å². The number of ketones is 2. The molecule has 230 valence electrons. The molecule has 3 aliphatic rings. The number of aliphatic hydroxyl groups excluding tert-OH is 2. The van der Waals surface area contributed by atoms with Gasteiger partial charge < -0.3 is 40.7 Å². The predicted molar refractivity (Wildman–Crippen MR) is 153 cm³/mol. The molecule has 2 fully saturated rings. The highest BCUT2D eigenvalue weighted by atomic mass is 16.5. The van der Waals surface area contributed by atoms with Crippen LogP contribution >= 0.6 is 0 Å². The maximum Gasteiger partial charge on any atom is 0.411 e. The molecule has 2 saturated carbocycles. The Bertz CT molecular complexity index is 1380. The molecule has 0 heterocycles. The van der Waals surface area contributed by atoms with Crippen molar-refractivity contribution in [3.63, 3.8) is 0 Å². The van der Waals surface area contributed by atoms with Crippen LogP contribution in [0.4, 0.5) is 16.2 Å². The van der Waals surface area contributed by atoms with Gasteiger partial charge in [-0.15, -0.1) is 0 Å². The Morgan fingerprint density at radius 2 is 1.79 bits per heavy atom. The number of benzene rings is 1. The molecule has 0 saturated heterocycles. The number of carbonyl (C=O) groups excluding carboxylic acids is 4. The van der Waals surface area contributed by atoms with Crippen LogP contribution in [0.5, 0.6) is 5.75 Å². The lowest BCUT2D eigenvalue weighted by atomic mass is 9.54. The fraction of sp³-hybridized carbons (Fsp3) is 0.586. The summed E-state index contributed by atoms with van der Waals surface area (Å²) in [7, 11) is 6.65. The standard InChI is InChI=1S/C29H40N4O9/c1-28(2,3)11-42-27(40)31-15-10-16(32(4)5)13-8-12-9-14-20(33(6)7)23(36)19(26(30)39)25(38)29(14,41)24(37)17(12)22(35)18(13)21(15)34/h10,12,14,19-20,23,34-36,41H,8-9,11H2,1-7H3,(H2,30,39)(H,31,40)/t12?,14?,19?,20-,23?,29-/m0/s1. The molecule has 0 aliphatic heterocycles. The molecule has 3 aliphatic carbocycles. The van der Waals surface area contributed by atoms with Gasteiger partial charge in [-0.25, -0.2) is 4.79 Å². The number of fused-ring (bicyclic) bond motifs is 3. The van der Waals surface area contributed by atoms with E-state index in [1.54, 1.807) is 33.1 Å². The zero-order chi connectivity index (χ0) is 31.6. The van der Waals surface area contributed by atoms with E-state index in [9.17, 15) is 39.6 Å². The van der Waals surface area contributed by atoms with Crippen LogP contribution < -0.4 is 16.0 Å². The number of anilines is 2. The van der Waals surface area contributed by atoms with E-state index in [0.29, 0.717) is 11.3 Å². The number of rotatable bonds is 5. The molecule has 0 radical (unpaired) electrons. The number of amides is 2. The van der Waals surface area contributed by atoms with Crippen molar-refractivity contribution in [3.8, 4) is 5.75 Å². The van der Waals surface area contributed by atoms with Crippen molar-refractivity contribution in [2.45, 2.75) is 51.4 Å². The van der Waals surface area contributed by atoms with Gasteiger partial charge in [0.2, 0.25) is 11.7 Å². The lowest BCUT2D eigenvalue weighted by Gasteiger charge is -2.53. The van der Waals surface area contributed by atoms with Crippen LogP contribution in [0.15, 0.2) is 11.6 Å². The quantitative estimate of drug-likeness (QED) is 0.210. The van der Waals surface area contributed by atoms with Crippen molar-refractivity contribution in [2.24, 2.45) is 28.9 Å². The molecule has 6 atom stereocenters. The summed E-state index contributed by atoms with van der Waals surface area (Å²) in [6.07, 6.45) is -2.27. The summed E-state index contributed by atoms with van der Waals surface area (Å²) in [5.74, 6) is -8.36. The number of primary amides is 1. The van der Waals surface area contributed by atoms with Gasteiger partial charge in [-0.05, 0) is 49.9 Å². The summed E-state index contributed by atoms with van der Waals surface area (Å²) in [5, 5.41) is 48.0. The lowest BCUT2D eigenvalue weighted by Crippen LogP contribution is -2.73. The van der Waals surface area contributed by atoms with Crippen molar-refractivity contribution in [3.05, 3.63) is 22.8 Å². The SMILES string of the molecule is CN(C)c1cc(NC(=O)OCC(C)(C)C)c(O)c2c1CC1CC3[C@H](N(C)C)C(O)C(C(N)=O)C(=O)[C@@]3(O)C(=O)C1=C2O. The summed E-state index contributed by atoms with van der Waals surface area (Å²) in [6, 6.07) is 0.548. The van der Waals surface area contributed by atoms with E-state index in [1.807, 2.05) is 20.8 Å². The van der Waals surface area contributed by atoms with Crippen molar-refractivity contribution >= 4 is 40.7 Å². The van der Waals surface area contributed by atoms with E-state index in [4.69, 9.17) is 10.5 Å². The van der Waals surface area contributed by atoms with Gasteiger partial charge in [-0.1, -0.05) is 20.8 Å². The number of Topliss-reactive ketones (excluding diaryl/α,β-unsaturated/α-hetero) is 2. The number of nitrogens with zero attached hydrogens (tertiary/aromatic N) is 2. The van der Waals surface area contributed by atoms with E-state index in [0.717, 1.165) is 0 Å². The molecule has 4 rings (SSSR count). The number of phenols is 1. The number of carbonyl (C=O) groups is 4. The zero-order valence-electron chi connectivity index (χ0n) is 24.9. The lowest BCUT2D eigenvalue weighted by molar-refractivity contribution is -0.184. The minimum Gasteiger partial charge on any atom is -0.507 e. The van der Waals surface area contributed by atoms with E-state index < -0.39 is 70.6 Å². The molecule has 0 bridgehead atoms. The summed E-state index contributed by atoms with van der Waals surface area (Å²) < 4.78 is 5.26. The molecular weight excluding hydrogens is 548 g/mol. The maximum atomic E-state index is 14.0. The molecule has 0 spiro atoms. The molecule has 2 amide bonds. The number of aromatic hydroxyl groups is 1. The molecule has 42 heavy (non-hydrogen) atoms. The minimum atomic E-state index is -2.75. The van der Waals surface area contributed by atoms with Gasteiger partial charge in [-0.3, -0.25) is 19.7 Å². The van der Waals surface area contributed by atoms with Gasteiger partial charge in [0.25, 0.3) is 0 Å². The Balaban J connectivity index is 1.86. The van der Waals surface area contributed by atoms with Gasteiger partial charge in [0.05, 0.1) is 24.0 Å². The number of hydrogen-bond donors (Lipinski definition) is 6. The minimum absolute atomic E-state index is 0.00492. The molecular formula is C29H40N4O9. The zero-order valence-corrected chi connectivity index (χ0v) is 24.9. The van der Waals surface area contributed by atoms with Gasteiger partial charge in [-0.2, -0.15) is 0 Å². The average molecular weight is 589 g/mol. The smallest absolute Gasteiger partial charge is 0.411 e. The first kappa shape index (κ1) is 31.3. The van der Waals surface area contributed by atoms with E-state index in [1.165, 1.54) is 11.0 Å². The predicted octanol–water partition coefficient (Wildman–Crippen LogP) is 0.790. The highest BCUT2D eigenvalue weighted by Crippen LogP contribution is 2.54. The van der Waals surface area contributed by atoms with Crippen molar-refractivity contribution in [2.75, 3.05) is 45.0 Å². The van der Waals surface area contributed by atoms with Crippen LogP contribution in [0.2, 0.25) is 0 Å². The number of nitrogens with two attached hydrogens (primary N) is 1. The summed E-state index contributed by atoms with van der Waals surface area (Å²) in [4.78, 5) is 55.5. The third-order valence-electron chi connectivity index (χ3n) is 8.42. The number of hydrogen-bond acceptors (Lipinski definition) is 11. The second kappa shape index (κ2) is 10.5. The summed E-state index contributed by atoms with van der Waals surface area (Å²) in [5.41, 5.74) is 2.88. The Kier molecular flexibility index (Phi) is 7.85. The van der Waals surface area contributed by atoms with E-state index in [2.05, 4.69) is 5.32 Å². The van der Waals surface area contributed by atoms with Crippen LogP contribution in [-0.4, -0.2) is 101 Å². The number of ether oxygens (including phenoxy) is 1. The second-order valence-electron chi connectivity index (χ2n) is 13.1. The van der Waals surface area contributed by atoms with Crippen molar-refractivity contribution < 1.29 is 44.3 Å². The third-order valence-corrected chi connectivity index (χ3v) is 8.42. The van der Waals surface area contributed by atoms with Crippen molar-refractivity contribution in [1.82, 2.24) is 4.90 Å². The number of nitrogens with one attached hydrogen (secondary N) is 1. The maximum absolute atomic E-state index is 14.0. The van der Waals surface area contributed by atoms with Crippen LogP contribution in [0.3, 0.4) is 0 Å². The van der Waals surface area contributed by atoms with E-state index in [-0.39, 0.29) is 41.7 Å². The summed E-state index contributed by atoms with van der Waals surface area (Å²) in [6.45, 7) is 5.74. The molecule has 13 heteroatoms. The average Bonchev–Trinajstić information content (AvgIpc) is 2.85. The highest BCUT2D eigenvalue weighted by molar-refractivity contribution is 6.25. The van der Waals surface area contributed by atoms with Crippen molar-refractivity contribution in [1.29, 1.82) is 0 Å². The Morgan fingerprint density at radius 3 is 2.31 bits per heavy atom. The Morgan fingerprint density at radius 1 is 1.17 bits per heavy atom.